The lowest BCUT2D eigenvalue weighted by atomic mass is 9.81. The molecule has 1 unspecified atom stereocenters. The average Bonchev–Trinajstić information content (AvgIpc) is 2.56. The van der Waals surface area contributed by atoms with Crippen molar-refractivity contribution in [2.75, 3.05) is 6.61 Å². The Balaban J connectivity index is 1.89. The van der Waals surface area contributed by atoms with Gasteiger partial charge >= 0.3 is 14.2 Å². The van der Waals surface area contributed by atoms with Crippen molar-refractivity contribution < 1.29 is 18.6 Å². The van der Waals surface area contributed by atoms with E-state index in [-0.39, 0.29) is 31.5 Å². The molecule has 0 radical (unpaired) electrons. The zero-order valence-electron chi connectivity index (χ0n) is 10.8. The second kappa shape index (κ2) is 4.02. The highest BCUT2D eigenvalue weighted by Crippen LogP contribution is 2.38. The van der Waals surface area contributed by atoms with E-state index >= 15 is 0 Å². The highest BCUT2D eigenvalue weighted by Gasteiger charge is 2.51. The Bertz CT molecular complexity index is 254. The van der Waals surface area contributed by atoms with Gasteiger partial charge in [0, 0.05) is 6.32 Å². The summed E-state index contributed by atoms with van der Waals surface area (Å²) < 4.78 is 22.7. The molecule has 2 saturated heterocycles. The molecule has 0 N–H and O–H groups in total. The van der Waals surface area contributed by atoms with E-state index in [2.05, 4.69) is 27.7 Å². The molecule has 0 aromatic heterocycles. The molecule has 2 heterocycles. The molecular formula is C10H20B2O4. The van der Waals surface area contributed by atoms with E-state index in [0.29, 0.717) is 6.61 Å². The van der Waals surface area contributed by atoms with Crippen molar-refractivity contribution in [3.05, 3.63) is 0 Å². The van der Waals surface area contributed by atoms with Gasteiger partial charge in [0.2, 0.25) is 0 Å². The maximum absolute atomic E-state index is 5.90. The summed E-state index contributed by atoms with van der Waals surface area (Å²) in [6.45, 7) is 10.8. The van der Waals surface area contributed by atoms with E-state index in [0.717, 1.165) is 6.32 Å². The van der Waals surface area contributed by atoms with Crippen LogP contribution in [0.2, 0.25) is 13.1 Å². The van der Waals surface area contributed by atoms with Crippen molar-refractivity contribution in [3.8, 4) is 0 Å². The van der Waals surface area contributed by atoms with E-state index < -0.39 is 0 Å². The normalized spacial score (nSPS) is 32.4. The number of hydrogen-bond donors (Lipinski definition) is 0. The second-order valence-electron chi connectivity index (χ2n) is 5.58. The Labute approximate surface area is 98.3 Å². The summed E-state index contributed by atoms with van der Waals surface area (Å²) in [7, 11) is -0.295. The summed E-state index contributed by atoms with van der Waals surface area (Å²) in [5.74, 6) is 0. The molecule has 0 spiro atoms. The Kier molecular flexibility index (Phi) is 3.12. The third-order valence-corrected chi connectivity index (χ3v) is 3.66. The molecule has 0 saturated carbocycles. The molecule has 0 aromatic rings. The molecule has 2 rings (SSSR count). The topological polar surface area (TPSA) is 36.9 Å². The van der Waals surface area contributed by atoms with Gasteiger partial charge in [-0.15, -0.1) is 0 Å². The van der Waals surface area contributed by atoms with Gasteiger partial charge in [0.1, 0.15) is 0 Å². The first-order valence-corrected chi connectivity index (χ1v) is 5.93. The van der Waals surface area contributed by atoms with Gasteiger partial charge in [-0.05, 0) is 34.5 Å². The van der Waals surface area contributed by atoms with Gasteiger partial charge in [-0.3, -0.25) is 0 Å². The lowest BCUT2D eigenvalue weighted by molar-refractivity contribution is 0.00578. The molecule has 16 heavy (non-hydrogen) atoms. The zero-order valence-corrected chi connectivity index (χ0v) is 10.8. The third kappa shape index (κ3) is 2.30. The Morgan fingerprint density at radius 3 is 2.12 bits per heavy atom. The van der Waals surface area contributed by atoms with Gasteiger partial charge in [0.25, 0.3) is 0 Å². The van der Waals surface area contributed by atoms with E-state index in [1.54, 1.807) is 0 Å². The van der Waals surface area contributed by atoms with Crippen LogP contribution in [0.3, 0.4) is 0 Å². The third-order valence-electron chi connectivity index (χ3n) is 3.66. The van der Waals surface area contributed by atoms with E-state index in [4.69, 9.17) is 18.6 Å². The number of hydrogen-bond acceptors (Lipinski definition) is 4. The van der Waals surface area contributed by atoms with Crippen molar-refractivity contribution in [2.45, 2.75) is 58.1 Å². The van der Waals surface area contributed by atoms with Crippen LogP contribution in [0.1, 0.15) is 27.7 Å². The van der Waals surface area contributed by atoms with Crippen LogP contribution >= 0.6 is 0 Å². The molecule has 1 atom stereocenters. The molecule has 90 valence electrons. The predicted octanol–water partition coefficient (Wildman–Crippen LogP) is 1.61. The summed E-state index contributed by atoms with van der Waals surface area (Å²) in [5, 5.41) is 0. The van der Waals surface area contributed by atoms with Gasteiger partial charge in [0.15, 0.2) is 0 Å². The molecule has 0 aromatic carbocycles. The smallest absolute Gasteiger partial charge is 0.409 e. The van der Waals surface area contributed by atoms with Crippen molar-refractivity contribution in [1.29, 1.82) is 0 Å². The highest BCUT2D eigenvalue weighted by atomic mass is 16.7. The summed E-state index contributed by atoms with van der Waals surface area (Å²) in [6, 6.07) is 0. The maximum Gasteiger partial charge on any atom is 0.460 e. The molecule has 6 heteroatoms. The molecule has 2 fully saturated rings. The molecule has 0 bridgehead atoms. The summed E-state index contributed by atoms with van der Waals surface area (Å²) in [6.07, 6.45) is 0.821. The summed E-state index contributed by atoms with van der Waals surface area (Å²) >= 11 is 0. The molecular weight excluding hydrogens is 206 g/mol. The number of rotatable bonds is 2. The Hall–Kier alpha value is -0.0301. The van der Waals surface area contributed by atoms with Crippen LogP contribution in [0.4, 0.5) is 0 Å². The van der Waals surface area contributed by atoms with Gasteiger partial charge in [-0.2, -0.15) is 0 Å². The van der Waals surface area contributed by atoms with Crippen LogP contribution in [0.15, 0.2) is 0 Å². The predicted molar refractivity (Wildman–Crippen MR) is 63.3 cm³/mol. The van der Waals surface area contributed by atoms with Crippen molar-refractivity contribution in [3.63, 3.8) is 0 Å². The van der Waals surface area contributed by atoms with E-state index in [9.17, 15) is 0 Å². The van der Waals surface area contributed by atoms with Crippen LogP contribution in [0, 0.1) is 0 Å². The van der Waals surface area contributed by atoms with Crippen molar-refractivity contribution >= 4 is 14.2 Å². The van der Waals surface area contributed by atoms with Crippen LogP contribution in [-0.2, 0) is 18.6 Å². The minimum Gasteiger partial charge on any atom is -0.409 e. The minimum absolute atomic E-state index is 0.0877. The van der Waals surface area contributed by atoms with Gasteiger partial charge < -0.3 is 18.6 Å². The lowest BCUT2D eigenvalue weighted by Crippen LogP contribution is -2.41. The maximum atomic E-state index is 5.90. The van der Waals surface area contributed by atoms with Crippen LogP contribution < -0.4 is 0 Å². The second-order valence-corrected chi connectivity index (χ2v) is 5.58. The quantitative estimate of drug-likeness (QED) is 0.670. The first-order valence-electron chi connectivity index (χ1n) is 5.93. The van der Waals surface area contributed by atoms with Crippen molar-refractivity contribution in [2.24, 2.45) is 0 Å². The van der Waals surface area contributed by atoms with Crippen LogP contribution in [0.25, 0.3) is 0 Å². The van der Waals surface area contributed by atoms with E-state index in [1.807, 2.05) is 6.82 Å². The zero-order chi connectivity index (χ0) is 12.0. The SMILES string of the molecule is CB1OCC(CB2OC(C)(C)C(C)(C)O2)O1. The van der Waals surface area contributed by atoms with Crippen LogP contribution in [-0.4, -0.2) is 38.1 Å². The first-order chi connectivity index (χ1) is 7.30. The standard InChI is InChI=1S/C10H20B2O4/c1-9(2)10(3,4)16-12(15-9)6-8-7-13-11(5)14-8/h8H,6-7H2,1-5H3. The molecule has 0 amide bonds. The Morgan fingerprint density at radius 1 is 1.12 bits per heavy atom. The fourth-order valence-corrected chi connectivity index (χ4v) is 1.99. The molecule has 4 nitrogen and oxygen atoms in total. The fraction of sp³-hybridized carbons (Fsp3) is 1.00. The van der Waals surface area contributed by atoms with Crippen molar-refractivity contribution in [1.82, 2.24) is 0 Å². The van der Waals surface area contributed by atoms with E-state index in [1.165, 1.54) is 0 Å². The largest absolute Gasteiger partial charge is 0.460 e. The van der Waals surface area contributed by atoms with Crippen LogP contribution in [0.5, 0.6) is 0 Å². The minimum atomic E-state index is -0.261. The summed E-state index contributed by atoms with van der Waals surface area (Å²) in [5.41, 5.74) is -0.522. The first kappa shape index (κ1) is 12.4. The monoisotopic (exact) mass is 226 g/mol. The molecule has 2 aliphatic heterocycles. The fourth-order valence-electron chi connectivity index (χ4n) is 1.99. The van der Waals surface area contributed by atoms with Gasteiger partial charge in [-0.1, -0.05) is 0 Å². The highest BCUT2D eigenvalue weighted by molar-refractivity contribution is 6.46. The molecule has 0 aliphatic carbocycles. The average molecular weight is 226 g/mol. The van der Waals surface area contributed by atoms with Gasteiger partial charge in [-0.25, -0.2) is 0 Å². The molecule has 2 aliphatic rings. The Morgan fingerprint density at radius 2 is 1.69 bits per heavy atom. The summed E-state index contributed by atoms with van der Waals surface area (Å²) in [4.78, 5) is 0. The van der Waals surface area contributed by atoms with Gasteiger partial charge in [0.05, 0.1) is 23.9 Å². The lowest BCUT2D eigenvalue weighted by Gasteiger charge is -2.32.